The molecular formula is C47H35N3. The van der Waals surface area contributed by atoms with Gasteiger partial charge in [0.15, 0.2) is 0 Å². The molecule has 0 bridgehead atoms. The molecule has 1 aliphatic rings. The van der Waals surface area contributed by atoms with Gasteiger partial charge in [-0.05, 0) is 95.1 Å². The van der Waals surface area contributed by atoms with Crippen LogP contribution in [-0.2, 0) is 5.41 Å². The van der Waals surface area contributed by atoms with E-state index in [0.29, 0.717) is 0 Å². The zero-order chi connectivity index (χ0) is 33.4. The molecular weight excluding hydrogens is 607 g/mol. The first-order valence-electron chi connectivity index (χ1n) is 17.4. The Labute approximate surface area is 291 Å². The zero-order valence-electron chi connectivity index (χ0n) is 28.1. The molecule has 0 atom stereocenters. The van der Waals surface area contributed by atoms with Crippen LogP contribution in [0.1, 0.15) is 25.0 Å². The maximum atomic E-state index is 2.42. The number of benzene rings is 7. The molecule has 3 heteroatoms. The molecule has 0 fully saturated rings. The lowest BCUT2D eigenvalue weighted by Crippen LogP contribution is -2.16. The highest BCUT2D eigenvalue weighted by molar-refractivity contribution is 6.18. The van der Waals surface area contributed by atoms with Crippen molar-refractivity contribution in [3.05, 3.63) is 187 Å². The molecule has 9 aromatic rings. The standard InChI is InChI=1S/C47H35N3/c1-47(2)42-19-11-9-17-38(42)39-28-26-37(31-43(39)47)49(34-13-5-3-6-14-34)36-24-22-33(23-25-36)48-30-29-32-21-27-41-40-18-10-12-20-44(40)50(46(41)45(32)48)35-15-7-4-8-16-35/h3-31H,1-2H3. The minimum atomic E-state index is -0.0722. The maximum absolute atomic E-state index is 2.42. The smallest absolute Gasteiger partial charge is 0.0788 e. The molecule has 10 rings (SSSR count). The largest absolute Gasteiger partial charge is 0.315 e. The molecule has 50 heavy (non-hydrogen) atoms. The second-order valence-electron chi connectivity index (χ2n) is 13.9. The van der Waals surface area contributed by atoms with Gasteiger partial charge in [0, 0.05) is 56.2 Å². The Morgan fingerprint density at radius 2 is 1.12 bits per heavy atom. The summed E-state index contributed by atoms with van der Waals surface area (Å²) < 4.78 is 4.77. The Morgan fingerprint density at radius 1 is 0.460 bits per heavy atom. The average Bonchev–Trinajstić information content (AvgIpc) is 3.82. The van der Waals surface area contributed by atoms with Crippen LogP contribution in [0.2, 0.25) is 0 Å². The van der Waals surface area contributed by atoms with E-state index in [-0.39, 0.29) is 5.41 Å². The summed E-state index contributed by atoms with van der Waals surface area (Å²) in [5, 5.41) is 3.73. The van der Waals surface area contributed by atoms with Gasteiger partial charge in [0.1, 0.15) is 0 Å². The van der Waals surface area contributed by atoms with E-state index in [1.807, 2.05) is 0 Å². The third-order valence-corrected chi connectivity index (χ3v) is 10.7. The van der Waals surface area contributed by atoms with Crippen LogP contribution in [-0.4, -0.2) is 9.13 Å². The van der Waals surface area contributed by atoms with Crippen LogP contribution in [0.25, 0.3) is 55.2 Å². The number of hydrogen-bond donors (Lipinski definition) is 0. The van der Waals surface area contributed by atoms with Gasteiger partial charge in [0.25, 0.3) is 0 Å². The summed E-state index contributed by atoms with van der Waals surface area (Å²) in [4.78, 5) is 2.38. The first-order valence-corrected chi connectivity index (χ1v) is 17.4. The summed E-state index contributed by atoms with van der Waals surface area (Å²) >= 11 is 0. The number of nitrogens with zero attached hydrogens (tertiary/aromatic N) is 3. The van der Waals surface area contributed by atoms with E-state index in [4.69, 9.17) is 0 Å². The predicted molar refractivity (Wildman–Crippen MR) is 210 cm³/mol. The van der Waals surface area contributed by atoms with E-state index in [9.17, 15) is 0 Å². The lowest BCUT2D eigenvalue weighted by atomic mass is 9.82. The van der Waals surface area contributed by atoms with Crippen molar-refractivity contribution in [2.45, 2.75) is 19.3 Å². The maximum Gasteiger partial charge on any atom is 0.0788 e. The molecule has 0 saturated carbocycles. The number of aromatic nitrogens is 2. The zero-order valence-corrected chi connectivity index (χ0v) is 28.1. The second-order valence-corrected chi connectivity index (χ2v) is 13.9. The van der Waals surface area contributed by atoms with Gasteiger partial charge in [0.05, 0.1) is 16.6 Å². The SMILES string of the molecule is CC1(C)c2ccccc2-c2ccc(N(c3ccccc3)c3ccc(-n4ccc5ccc6c7ccccc7n(-c7ccccc7)c6c54)cc3)cc21. The molecule has 0 radical (unpaired) electrons. The Balaban J connectivity index is 1.13. The molecule has 0 amide bonds. The third-order valence-electron chi connectivity index (χ3n) is 10.7. The molecule has 2 aromatic heterocycles. The molecule has 7 aromatic carbocycles. The van der Waals surface area contributed by atoms with Gasteiger partial charge in [-0.3, -0.25) is 0 Å². The van der Waals surface area contributed by atoms with Gasteiger partial charge in [-0.1, -0.05) is 111 Å². The number of rotatable bonds is 5. The Bertz CT molecular complexity index is 2710. The highest BCUT2D eigenvalue weighted by Gasteiger charge is 2.35. The summed E-state index contributed by atoms with van der Waals surface area (Å²) in [5.41, 5.74) is 14.7. The fourth-order valence-corrected chi connectivity index (χ4v) is 8.35. The minimum absolute atomic E-state index is 0.0722. The topological polar surface area (TPSA) is 13.1 Å². The van der Waals surface area contributed by atoms with E-state index in [1.165, 1.54) is 55.0 Å². The van der Waals surface area contributed by atoms with Gasteiger partial charge < -0.3 is 14.0 Å². The monoisotopic (exact) mass is 641 g/mol. The first kappa shape index (κ1) is 28.7. The Hall–Kier alpha value is -6.32. The number of fused-ring (bicyclic) bond motifs is 8. The van der Waals surface area contributed by atoms with Gasteiger partial charge in [-0.25, -0.2) is 0 Å². The van der Waals surface area contributed by atoms with E-state index in [0.717, 1.165) is 28.4 Å². The molecule has 0 saturated heterocycles. The van der Waals surface area contributed by atoms with E-state index in [1.54, 1.807) is 0 Å². The molecule has 238 valence electrons. The number of hydrogen-bond acceptors (Lipinski definition) is 1. The fourth-order valence-electron chi connectivity index (χ4n) is 8.35. The second kappa shape index (κ2) is 10.8. The van der Waals surface area contributed by atoms with Crippen LogP contribution in [0.3, 0.4) is 0 Å². The number of para-hydroxylation sites is 3. The molecule has 0 unspecified atom stereocenters. The van der Waals surface area contributed by atoms with Gasteiger partial charge in [-0.2, -0.15) is 0 Å². The highest BCUT2D eigenvalue weighted by Crippen LogP contribution is 2.50. The van der Waals surface area contributed by atoms with Crippen molar-refractivity contribution in [3.8, 4) is 22.5 Å². The molecule has 2 heterocycles. The lowest BCUT2D eigenvalue weighted by molar-refractivity contribution is 0.660. The van der Waals surface area contributed by atoms with E-state index < -0.39 is 0 Å². The van der Waals surface area contributed by atoms with Crippen LogP contribution < -0.4 is 4.90 Å². The normalized spacial score (nSPS) is 13.2. The summed E-state index contributed by atoms with van der Waals surface area (Å²) in [6.07, 6.45) is 2.21. The van der Waals surface area contributed by atoms with Gasteiger partial charge in [-0.15, -0.1) is 0 Å². The summed E-state index contributed by atoms with van der Waals surface area (Å²) in [6.45, 7) is 4.69. The highest BCUT2D eigenvalue weighted by atomic mass is 15.1. The molecule has 0 aliphatic heterocycles. The van der Waals surface area contributed by atoms with E-state index in [2.05, 4.69) is 204 Å². The molecule has 0 N–H and O–H groups in total. The van der Waals surface area contributed by atoms with Crippen molar-refractivity contribution in [1.82, 2.24) is 9.13 Å². The van der Waals surface area contributed by atoms with Crippen LogP contribution in [0.15, 0.2) is 176 Å². The van der Waals surface area contributed by atoms with Crippen molar-refractivity contribution < 1.29 is 0 Å². The van der Waals surface area contributed by atoms with Crippen LogP contribution in [0, 0.1) is 0 Å². The molecule has 1 aliphatic carbocycles. The van der Waals surface area contributed by atoms with Crippen LogP contribution >= 0.6 is 0 Å². The third kappa shape index (κ3) is 4.17. The summed E-state index contributed by atoms with van der Waals surface area (Å²) in [7, 11) is 0. The first-order chi connectivity index (χ1) is 24.6. The van der Waals surface area contributed by atoms with E-state index >= 15 is 0 Å². The van der Waals surface area contributed by atoms with Crippen molar-refractivity contribution >= 4 is 49.8 Å². The fraction of sp³-hybridized carbons (Fsp3) is 0.0638. The average molecular weight is 642 g/mol. The van der Waals surface area contributed by atoms with Crippen molar-refractivity contribution in [2.75, 3.05) is 4.90 Å². The van der Waals surface area contributed by atoms with Crippen LogP contribution in [0.5, 0.6) is 0 Å². The van der Waals surface area contributed by atoms with Crippen molar-refractivity contribution in [3.63, 3.8) is 0 Å². The molecule has 3 nitrogen and oxygen atoms in total. The summed E-state index contributed by atoms with van der Waals surface area (Å²) in [5.74, 6) is 0. The van der Waals surface area contributed by atoms with Crippen molar-refractivity contribution in [2.24, 2.45) is 0 Å². The van der Waals surface area contributed by atoms with Crippen LogP contribution in [0.4, 0.5) is 17.1 Å². The van der Waals surface area contributed by atoms with Gasteiger partial charge >= 0.3 is 0 Å². The Kier molecular flexibility index (Phi) is 6.22. The van der Waals surface area contributed by atoms with Gasteiger partial charge in [0.2, 0.25) is 0 Å². The van der Waals surface area contributed by atoms with Crippen molar-refractivity contribution in [1.29, 1.82) is 0 Å². The quantitative estimate of drug-likeness (QED) is 0.182. The minimum Gasteiger partial charge on any atom is -0.315 e. The molecule has 0 spiro atoms. The number of anilines is 3. The summed E-state index contributed by atoms with van der Waals surface area (Å²) in [6, 6.07) is 61.8. The lowest BCUT2D eigenvalue weighted by Gasteiger charge is -2.28. The predicted octanol–water partition coefficient (Wildman–Crippen LogP) is 12.5. The Morgan fingerprint density at radius 3 is 1.94 bits per heavy atom.